The number of hydrogen-bond acceptors (Lipinski definition) is 6. The molecule has 27 heavy (non-hydrogen) atoms. The molecule has 0 aliphatic heterocycles. The van der Waals surface area contributed by atoms with Gasteiger partial charge in [0.2, 0.25) is 5.91 Å². The predicted octanol–water partition coefficient (Wildman–Crippen LogP) is 4.28. The number of nitrogens with zero attached hydrogens (tertiary/aromatic N) is 3. The van der Waals surface area contributed by atoms with E-state index in [1.807, 2.05) is 40.6 Å². The largest absolute Gasteiger partial charge is 0.494 e. The fourth-order valence-electron chi connectivity index (χ4n) is 2.96. The highest BCUT2D eigenvalue weighted by Crippen LogP contribution is 2.34. The van der Waals surface area contributed by atoms with Crippen molar-refractivity contribution in [1.29, 1.82) is 0 Å². The minimum atomic E-state index is 0.0858. The Hall–Kier alpha value is -1.96. The molecule has 1 amide bonds. The molecule has 144 valence electrons. The summed E-state index contributed by atoms with van der Waals surface area (Å²) in [6.45, 7) is 7.69. The summed E-state index contributed by atoms with van der Waals surface area (Å²) in [5.74, 6) is 0.826. The molecule has 7 heteroatoms. The number of ether oxygens (including phenoxy) is 1. The number of amides is 1. The minimum Gasteiger partial charge on any atom is -0.494 e. The van der Waals surface area contributed by atoms with Gasteiger partial charge in [-0.25, -0.2) is 4.98 Å². The van der Waals surface area contributed by atoms with Crippen LogP contribution in [0.3, 0.4) is 0 Å². The van der Waals surface area contributed by atoms with E-state index in [1.165, 1.54) is 0 Å². The first-order valence-corrected chi connectivity index (χ1v) is 10.8. The van der Waals surface area contributed by atoms with Gasteiger partial charge in [0.15, 0.2) is 5.13 Å². The molecule has 0 unspecified atom stereocenters. The molecule has 0 bridgehead atoms. The second-order valence-corrected chi connectivity index (χ2v) is 8.17. The Bertz CT molecular complexity index is 873. The summed E-state index contributed by atoms with van der Waals surface area (Å²) in [5, 5.41) is 2.74. The first-order valence-electron chi connectivity index (χ1n) is 9.14. The van der Waals surface area contributed by atoms with Crippen LogP contribution < -0.4 is 9.64 Å². The van der Waals surface area contributed by atoms with Gasteiger partial charge in [-0.3, -0.25) is 9.69 Å². The van der Waals surface area contributed by atoms with Gasteiger partial charge in [-0.05, 0) is 36.7 Å². The molecule has 0 aliphatic rings. The molecule has 0 atom stereocenters. The molecule has 0 aliphatic carbocycles. The predicted molar refractivity (Wildman–Crippen MR) is 114 cm³/mol. The number of para-hydroxylation sites is 1. The van der Waals surface area contributed by atoms with Crippen molar-refractivity contribution in [2.24, 2.45) is 0 Å². The van der Waals surface area contributed by atoms with Crippen LogP contribution in [0.1, 0.15) is 18.7 Å². The Kier molecular flexibility index (Phi) is 6.82. The Morgan fingerprint density at radius 3 is 2.63 bits per heavy atom. The molecule has 3 aromatic rings. The number of fused-ring (bicyclic) bond motifs is 1. The molecule has 2 heterocycles. The number of aromatic nitrogens is 1. The van der Waals surface area contributed by atoms with E-state index in [1.54, 1.807) is 29.8 Å². The summed E-state index contributed by atoms with van der Waals surface area (Å²) in [7, 11) is 1.65. The lowest BCUT2D eigenvalue weighted by molar-refractivity contribution is -0.118. The van der Waals surface area contributed by atoms with E-state index in [0.717, 1.165) is 45.6 Å². The van der Waals surface area contributed by atoms with Crippen LogP contribution in [0.4, 0.5) is 5.13 Å². The number of carbonyl (C=O) groups is 1. The SMILES string of the molecule is CCN(CC)CCN(C(=O)Cc1cccs1)c1nc2c(OC)cccc2s1. The number of likely N-dealkylation sites (N-methyl/N-ethyl adjacent to an activating group) is 1. The normalized spacial score (nSPS) is 11.3. The summed E-state index contributed by atoms with van der Waals surface area (Å²) in [5.41, 5.74) is 0.816. The Balaban J connectivity index is 1.89. The van der Waals surface area contributed by atoms with Crippen LogP contribution in [-0.2, 0) is 11.2 Å². The summed E-state index contributed by atoms with van der Waals surface area (Å²) in [6.07, 6.45) is 0.406. The second kappa shape index (κ2) is 9.30. The number of benzene rings is 1. The van der Waals surface area contributed by atoms with Gasteiger partial charge in [-0.15, -0.1) is 11.3 Å². The minimum absolute atomic E-state index is 0.0858. The molecule has 0 saturated heterocycles. The average molecular weight is 404 g/mol. The standard InChI is InChI=1S/C20H25N3O2S2/c1-4-22(5-2)11-12-23(18(24)14-15-8-7-13-26-15)20-21-19-16(25-3)9-6-10-17(19)27-20/h6-10,13H,4-5,11-12,14H2,1-3H3. The highest BCUT2D eigenvalue weighted by atomic mass is 32.1. The first kappa shape index (κ1) is 19.8. The van der Waals surface area contributed by atoms with Crippen molar-refractivity contribution in [3.05, 3.63) is 40.6 Å². The maximum absolute atomic E-state index is 13.1. The fourth-order valence-corrected chi connectivity index (χ4v) is 4.68. The number of hydrogen-bond donors (Lipinski definition) is 0. The smallest absolute Gasteiger partial charge is 0.234 e. The van der Waals surface area contributed by atoms with Crippen molar-refractivity contribution in [2.75, 3.05) is 38.2 Å². The number of thiazole rings is 1. The molecular formula is C20H25N3O2S2. The van der Waals surface area contributed by atoms with Crippen molar-refractivity contribution >= 4 is 43.9 Å². The van der Waals surface area contributed by atoms with Crippen molar-refractivity contribution in [1.82, 2.24) is 9.88 Å². The van der Waals surface area contributed by atoms with Gasteiger partial charge >= 0.3 is 0 Å². The highest BCUT2D eigenvalue weighted by Gasteiger charge is 2.22. The quantitative estimate of drug-likeness (QED) is 0.535. The zero-order chi connectivity index (χ0) is 19.2. The van der Waals surface area contributed by atoms with Gasteiger partial charge in [0.1, 0.15) is 11.3 Å². The molecule has 1 aromatic carbocycles. The van der Waals surface area contributed by atoms with Crippen LogP contribution in [0.25, 0.3) is 10.2 Å². The molecule has 0 spiro atoms. The summed E-state index contributed by atoms with van der Waals surface area (Å²) < 4.78 is 6.46. The Labute approximate surface area is 168 Å². The molecule has 5 nitrogen and oxygen atoms in total. The van der Waals surface area contributed by atoms with Crippen LogP contribution in [0, 0.1) is 0 Å². The first-order chi connectivity index (χ1) is 13.2. The van der Waals surface area contributed by atoms with Crippen LogP contribution >= 0.6 is 22.7 Å². The molecule has 0 fully saturated rings. The third kappa shape index (κ3) is 4.66. The second-order valence-electron chi connectivity index (χ2n) is 6.13. The van der Waals surface area contributed by atoms with Crippen molar-refractivity contribution < 1.29 is 9.53 Å². The summed E-state index contributed by atoms with van der Waals surface area (Å²) in [6, 6.07) is 9.87. The van der Waals surface area contributed by atoms with Gasteiger partial charge < -0.3 is 9.64 Å². The van der Waals surface area contributed by atoms with E-state index < -0.39 is 0 Å². The van der Waals surface area contributed by atoms with Gasteiger partial charge in [0.05, 0.1) is 18.2 Å². The van der Waals surface area contributed by atoms with Gasteiger partial charge in [0, 0.05) is 18.0 Å². The van der Waals surface area contributed by atoms with Crippen molar-refractivity contribution in [2.45, 2.75) is 20.3 Å². The number of methoxy groups -OCH3 is 1. The van der Waals surface area contributed by atoms with Crippen LogP contribution in [-0.4, -0.2) is 49.1 Å². The van der Waals surface area contributed by atoms with Crippen molar-refractivity contribution in [3.63, 3.8) is 0 Å². The number of carbonyl (C=O) groups excluding carboxylic acids is 1. The topological polar surface area (TPSA) is 45.7 Å². The summed E-state index contributed by atoms with van der Waals surface area (Å²) in [4.78, 5) is 23.1. The highest BCUT2D eigenvalue weighted by molar-refractivity contribution is 7.22. The lowest BCUT2D eigenvalue weighted by atomic mass is 10.3. The number of thiophene rings is 1. The molecule has 0 N–H and O–H groups in total. The van der Waals surface area contributed by atoms with E-state index in [0.29, 0.717) is 13.0 Å². The maximum Gasteiger partial charge on any atom is 0.234 e. The van der Waals surface area contributed by atoms with E-state index >= 15 is 0 Å². The monoisotopic (exact) mass is 403 g/mol. The van der Waals surface area contributed by atoms with E-state index in [9.17, 15) is 4.79 Å². The van der Waals surface area contributed by atoms with E-state index in [2.05, 4.69) is 18.7 Å². The van der Waals surface area contributed by atoms with E-state index in [-0.39, 0.29) is 5.91 Å². The zero-order valence-corrected chi connectivity index (χ0v) is 17.6. The maximum atomic E-state index is 13.1. The third-order valence-corrected chi connectivity index (χ3v) is 6.48. The zero-order valence-electron chi connectivity index (χ0n) is 16.0. The Morgan fingerprint density at radius 2 is 1.96 bits per heavy atom. The van der Waals surface area contributed by atoms with Gasteiger partial charge in [-0.1, -0.05) is 37.3 Å². The lowest BCUT2D eigenvalue weighted by Gasteiger charge is -2.24. The van der Waals surface area contributed by atoms with Crippen LogP contribution in [0.15, 0.2) is 35.7 Å². The molecule has 3 rings (SSSR count). The summed E-state index contributed by atoms with van der Waals surface area (Å²) >= 11 is 3.16. The van der Waals surface area contributed by atoms with E-state index in [4.69, 9.17) is 9.72 Å². The van der Waals surface area contributed by atoms with Gasteiger partial charge in [-0.2, -0.15) is 0 Å². The number of anilines is 1. The molecule has 2 aromatic heterocycles. The van der Waals surface area contributed by atoms with Gasteiger partial charge in [0.25, 0.3) is 0 Å². The number of rotatable bonds is 9. The Morgan fingerprint density at radius 1 is 1.15 bits per heavy atom. The molecule has 0 saturated carbocycles. The van der Waals surface area contributed by atoms with Crippen LogP contribution in [0.2, 0.25) is 0 Å². The fraction of sp³-hybridized carbons (Fsp3) is 0.400. The third-order valence-electron chi connectivity index (χ3n) is 4.56. The lowest BCUT2D eigenvalue weighted by Crippen LogP contribution is -2.39. The molecular weight excluding hydrogens is 378 g/mol. The molecule has 0 radical (unpaired) electrons. The van der Waals surface area contributed by atoms with Crippen LogP contribution in [0.5, 0.6) is 5.75 Å². The van der Waals surface area contributed by atoms with Crippen molar-refractivity contribution in [3.8, 4) is 5.75 Å². The average Bonchev–Trinajstić information content (AvgIpc) is 3.34.